The van der Waals surface area contributed by atoms with Crippen LogP contribution in [0.2, 0.25) is 0 Å². The van der Waals surface area contributed by atoms with Crippen molar-refractivity contribution in [3.8, 4) is 11.5 Å². The van der Waals surface area contributed by atoms with E-state index >= 15 is 0 Å². The van der Waals surface area contributed by atoms with Crippen LogP contribution in [0.3, 0.4) is 0 Å². The van der Waals surface area contributed by atoms with Gasteiger partial charge in [-0.15, -0.1) is 11.3 Å². The van der Waals surface area contributed by atoms with Gasteiger partial charge < -0.3 is 15.0 Å². The fraction of sp³-hybridized carbons (Fsp3) is 0.571. The van der Waals surface area contributed by atoms with Crippen LogP contribution < -0.4 is 5.73 Å². The predicted octanol–water partition coefficient (Wildman–Crippen LogP) is 3.11. The summed E-state index contributed by atoms with van der Waals surface area (Å²) in [5.74, 6) is 1.22. The molecule has 1 aliphatic carbocycles. The zero-order valence-corrected chi connectivity index (χ0v) is 12.0. The maximum atomic E-state index is 6.18. The van der Waals surface area contributed by atoms with E-state index < -0.39 is 0 Å². The van der Waals surface area contributed by atoms with E-state index in [0.717, 1.165) is 42.9 Å². The minimum Gasteiger partial charge on any atom is -0.390 e. The first-order valence-corrected chi connectivity index (χ1v) is 8.00. The van der Waals surface area contributed by atoms with Crippen molar-refractivity contribution in [1.29, 1.82) is 0 Å². The third-order valence-electron chi connectivity index (χ3n) is 4.07. The van der Waals surface area contributed by atoms with E-state index in [0.29, 0.717) is 11.7 Å². The second-order valence-electron chi connectivity index (χ2n) is 5.41. The highest BCUT2D eigenvalue weighted by atomic mass is 32.1. The smallest absolute Gasteiger partial charge is 0.261 e. The molecule has 0 aromatic carbocycles. The lowest BCUT2D eigenvalue weighted by Crippen LogP contribution is -2.00. The van der Waals surface area contributed by atoms with Crippen molar-refractivity contribution in [2.75, 3.05) is 12.3 Å². The van der Waals surface area contributed by atoms with Crippen LogP contribution in [0, 0.1) is 0 Å². The molecule has 1 fully saturated rings. The van der Waals surface area contributed by atoms with Gasteiger partial charge in [0, 0.05) is 11.5 Å². The molecule has 1 atom stereocenters. The highest BCUT2D eigenvalue weighted by molar-refractivity contribution is 7.16. The summed E-state index contributed by atoms with van der Waals surface area (Å²) in [4.78, 5) is 5.92. The molecule has 1 unspecified atom stereocenters. The van der Waals surface area contributed by atoms with Crippen LogP contribution in [0.15, 0.2) is 4.52 Å². The highest BCUT2D eigenvalue weighted by Crippen LogP contribution is 2.42. The molecule has 5 nitrogen and oxygen atoms in total. The average molecular weight is 291 g/mol. The van der Waals surface area contributed by atoms with Gasteiger partial charge in [-0.3, -0.25) is 0 Å². The predicted molar refractivity (Wildman–Crippen MR) is 76.6 cm³/mol. The second-order valence-corrected chi connectivity index (χ2v) is 6.55. The Morgan fingerprint density at radius 1 is 1.20 bits per heavy atom. The SMILES string of the molecule is Nc1sc2c(c1-c1nc(C3CCCO3)no1)CCCC2. The lowest BCUT2D eigenvalue weighted by Gasteiger charge is -2.10. The number of thiophene rings is 1. The largest absolute Gasteiger partial charge is 0.390 e. The summed E-state index contributed by atoms with van der Waals surface area (Å²) in [5.41, 5.74) is 8.47. The first kappa shape index (κ1) is 12.3. The molecule has 2 aliphatic rings. The second kappa shape index (κ2) is 4.86. The molecular formula is C14H17N3O2S. The van der Waals surface area contributed by atoms with Gasteiger partial charge >= 0.3 is 0 Å². The normalized spacial score (nSPS) is 22.1. The summed E-state index contributed by atoms with van der Waals surface area (Å²) in [7, 11) is 0. The molecule has 2 aromatic heterocycles. The number of nitrogens with zero attached hydrogens (tertiary/aromatic N) is 2. The zero-order valence-electron chi connectivity index (χ0n) is 11.2. The van der Waals surface area contributed by atoms with Gasteiger partial charge in [0.15, 0.2) is 0 Å². The van der Waals surface area contributed by atoms with E-state index in [4.69, 9.17) is 15.0 Å². The van der Waals surface area contributed by atoms with Crippen LogP contribution in [0.1, 0.15) is 48.1 Å². The molecule has 1 aliphatic heterocycles. The van der Waals surface area contributed by atoms with Crippen LogP contribution in [0.5, 0.6) is 0 Å². The van der Waals surface area contributed by atoms with Gasteiger partial charge in [0.05, 0.1) is 10.6 Å². The topological polar surface area (TPSA) is 74.2 Å². The number of aromatic nitrogens is 2. The zero-order chi connectivity index (χ0) is 13.5. The summed E-state index contributed by atoms with van der Waals surface area (Å²) < 4.78 is 11.1. The highest BCUT2D eigenvalue weighted by Gasteiger charge is 2.27. The Morgan fingerprint density at radius 2 is 2.10 bits per heavy atom. The Hall–Kier alpha value is -1.40. The molecule has 1 saturated heterocycles. The maximum Gasteiger partial charge on any atom is 0.261 e. The standard InChI is InChI=1S/C14H17N3O2S/c15-12-11(8-4-1-2-6-10(8)20-12)14-16-13(17-19-14)9-5-3-7-18-9/h9H,1-7,15H2. The Kier molecular flexibility index (Phi) is 3.00. The first-order chi connectivity index (χ1) is 9.83. The number of hydrogen-bond donors (Lipinski definition) is 1. The van der Waals surface area contributed by atoms with Gasteiger partial charge in [-0.2, -0.15) is 4.98 Å². The Morgan fingerprint density at radius 3 is 2.95 bits per heavy atom. The lowest BCUT2D eigenvalue weighted by molar-refractivity contribution is 0.103. The van der Waals surface area contributed by atoms with Crippen molar-refractivity contribution < 1.29 is 9.26 Å². The number of rotatable bonds is 2. The first-order valence-electron chi connectivity index (χ1n) is 7.18. The third-order valence-corrected chi connectivity index (χ3v) is 5.19. The van der Waals surface area contributed by atoms with Crippen LogP contribution in [-0.4, -0.2) is 16.7 Å². The fourth-order valence-corrected chi connectivity index (χ4v) is 4.22. The van der Waals surface area contributed by atoms with Crippen molar-refractivity contribution in [2.24, 2.45) is 0 Å². The van der Waals surface area contributed by atoms with E-state index in [2.05, 4.69) is 10.1 Å². The van der Waals surface area contributed by atoms with Crippen molar-refractivity contribution in [1.82, 2.24) is 10.1 Å². The lowest BCUT2D eigenvalue weighted by atomic mass is 9.95. The van der Waals surface area contributed by atoms with Crippen LogP contribution in [0.4, 0.5) is 5.00 Å². The Labute approximate surface area is 121 Å². The minimum absolute atomic E-state index is 0.0109. The molecule has 0 radical (unpaired) electrons. The van der Waals surface area contributed by atoms with Crippen molar-refractivity contribution in [2.45, 2.75) is 44.6 Å². The van der Waals surface area contributed by atoms with E-state index in [-0.39, 0.29) is 6.10 Å². The number of anilines is 1. The van der Waals surface area contributed by atoms with Crippen molar-refractivity contribution in [3.63, 3.8) is 0 Å². The molecule has 20 heavy (non-hydrogen) atoms. The Bertz CT molecular complexity index is 628. The maximum absolute atomic E-state index is 6.18. The summed E-state index contributed by atoms with van der Waals surface area (Å²) in [6, 6.07) is 0. The summed E-state index contributed by atoms with van der Waals surface area (Å²) in [6.07, 6.45) is 6.66. The van der Waals surface area contributed by atoms with Crippen LogP contribution >= 0.6 is 11.3 Å². The molecule has 2 N–H and O–H groups in total. The Balaban J connectivity index is 1.72. The van der Waals surface area contributed by atoms with E-state index in [1.807, 2.05) is 0 Å². The quantitative estimate of drug-likeness (QED) is 0.920. The number of hydrogen-bond acceptors (Lipinski definition) is 6. The molecule has 4 rings (SSSR count). The molecule has 0 amide bonds. The van der Waals surface area contributed by atoms with E-state index in [1.165, 1.54) is 23.3 Å². The van der Waals surface area contributed by atoms with E-state index in [9.17, 15) is 0 Å². The monoisotopic (exact) mass is 291 g/mol. The van der Waals surface area contributed by atoms with Gasteiger partial charge in [-0.25, -0.2) is 0 Å². The summed E-state index contributed by atoms with van der Waals surface area (Å²) in [5, 5.41) is 4.89. The van der Waals surface area contributed by atoms with Crippen molar-refractivity contribution >= 4 is 16.3 Å². The number of fused-ring (bicyclic) bond motifs is 1. The number of nitrogens with two attached hydrogens (primary N) is 1. The van der Waals surface area contributed by atoms with Crippen LogP contribution in [0.25, 0.3) is 11.5 Å². The van der Waals surface area contributed by atoms with Gasteiger partial charge in [-0.1, -0.05) is 5.16 Å². The van der Waals surface area contributed by atoms with E-state index in [1.54, 1.807) is 11.3 Å². The number of ether oxygens (including phenoxy) is 1. The van der Waals surface area contributed by atoms with Crippen molar-refractivity contribution in [3.05, 3.63) is 16.3 Å². The van der Waals surface area contributed by atoms with Gasteiger partial charge in [0.25, 0.3) is 5.89 Å². The molecule has 3 heterocycles. The fourth-order valence-electron chi connectivity index (χ4n) is 3.07. The average Bonchev–Trinajstić information content (AvgIpc) is 3.16. The molecule has 0 bridgehead atoms. The number of nitrogen functional groups attached to an aromatic ring is 1. The number of aryl methyl sites for hydroxylation is 1. The molecular weight excluding hydrogens is 274 g/mol. The molecule has 0 spiro atoms. The van der Waals surface area contributed by atoms with Crippen LogP contribution in [-0.2, 0) is 17.6 Å². The minimum atomic E-state index is -0.0109. The molecule has 106 valence electrons. The van der Waals surface area contributed by atoms with Gasteiger partial charge in [0.2, 0.25) is 5.82 Å². The molecule has 6 heteroatoms. The third kappa shape index (κ3) is 1.94. The summed E-state index contributed by atoms with van der Waals surface area (Å²) >= 11 is 1.67. The molecule has 2 aromatic rings. The van der Waals surface area contributed by atoms with Gasteiger partial charge in [-0.05, 0) is 44.1 Å². The summed E-state index contributed by atoms with van der Waals surface area (Å²) in [6.45, 7) is 0.782. The van der Waals surface area contributed by atoms with Gasteiger partial charge in [0.1, 0.15) is 6.10 Å². The molecule has 0 saturated carbocycles.